The number of ether oxygens (including phenoxy) is 2. The van der Waals surface area contributed by atoms with Crippen LogP contribution in [-0.4, -0.2) is 40.8 Å². The first kappa shape index (κ1) is 17.6. The molecule has 0 radical (unpaired) electrons. The third-order valence-electron chi connectivity index (χ3n) is 4.24. The van der Waals surface area contributed by atoms with Crippen molar-refractivity contribution in [2.24, 2.45) is 5.92 Å². The minimum absolute atomic E-state index is 0.0513. The number of rotatable bonds is 3. The maximum atomic E-state index is 12.2. The summed E-state index contributed by atoms with van der Waals surface area (Å²) in [6.07, 6.45) is 4.85. The monoisotopic (exact) mass is 342 g/mol. The van der Waals surface area contributed by atoms with Crippen molar-refractivity contribution in [3.05, 3.63) is 23.5 Å². The lowest BCUT2D eigenvalue weighted by Gasteiger charge is -2.41. The lowest BCUT2D eigenvalue weighted by Crippen LogP contribution is -2.55. The highest BCUT2D eigenvalue weighted by molar-refractivity contribution is 5.69. The second-order valence-corrected chi connectivity index (χ2v) is 7.78. The van der Waals surface area contributed by atoms with E-state index in [1.807, 2.05) is 33.8 Å². The smallest absolute Gasteiger partial charge is 0.410 e. The van der Waals surface area contributed by atoms with E-state index in [1.54, 1.807) is 11.1 Å². The maximum absolute atomic E-state index is 12.2. The SMILES string of the molecule is Cc1ncc(C#CC2CC2)cc1OCC1CCN1C(=O)OC(C)(C)C. The first-order valence-corrected chi connectivity index (χ1v) is 8.92. The van der Waals surface area contributed by atoms with E-state index in [1.165, 1.54) is 12.8 Å². The Morgan fingerprint density at radius 3 is 2.72 bits per heavy atom. The Morgan fingerprint density at radius 1 is 1.36 bits per heavy atom. The van der Waals surface area contributed by atoms with Crippen LogP contribution in [0.2, 0.25) is 0 Å². The highest BCUT2D eigenvalue weighted by atomic mass is 16.6. The van der Waals surface area contributed by atoms with Crippen LogP contribution in [0.5, 0.6) is 5.75 Å². The van der Waals surface area contributed by atoms with Gasteiger partial charge in [-0.2, -0.15) is 0 Å². The molecular formula is C20H26N2O3. The van der Waals surface area contributed by atoms with Gasteiger partial charge in [-0.15, -0.1) is 0 Å². The third-order valence-corrected chi connectivity index (χ3v) is 4.24. The standard InChI is InChI=1S/C20H26N2O3/c1-14-18(11-16(12-21-14)8-7-15-5-6-15)24-13-17-9-10-22(17)19(23)25-20(2,3)4/h11-12,15,17H,5-6,9-10,13H2,1-4H3. The van der Waals surface area contributed by atoms with Crippen LogP contribution in [0.25, 0.3) is 0 Å². The molecule has 1 atom stereocenters. The average Bonchev–Trinajstić information content (AvgIpc) is 3.28. The summed E-state index contributed by atoms with van der Waals surface area (Å²) in [4.78, 5) is 18.3. The van der Waals surface area contributed by atoms with Gasteiger partial charge in [-0.05, 0) is 53.0 Å². The Kier molecular flexibility index (Phi) is 4.89. The van der Waals surface area contributed by atoms with Gasteiger partial charge in [0.25, 0.3) is 0 Å². The number of aromatic nitrogens is 1. The molecular weight excluding hydrogens is 316 g/mol. The van der Waals surface area contributed by atoms with Crippen molar-refractivity contribution < 1.29 is 14.3 Å². The first-order chi connectivity index (χ1) is 11.8. The predicted molar refractivity (Wildman–Crippen MR) is 95.4 cm³/mol. The Labute approximate surface area is 149 Å². The van der Waals surface area contributed by atoms with Gasteiger partial charge in [0, 0.05) is 24.2 Å². The van der Waals surface area contributed by atoms with Gasteiger partial charge < -0.3 is 14.4 Å². The number of nitrogens with zero attached hydrogens (tertiary/aromatic N) is 2. The summed E-state index contributed by atoms with van der Waals surface area (Å²) in [5.74, 6) is 7.69. The predicted octanol–water partition coefficient (Wildman–Crippen LogP) is 3.54. The number of carbonyl (C=O) groups excluding carboxylic acids is 1. The number of amides is 1. The second kappa shape index (κ2) is 6.95. The number of hydrogen-bond acceptors (Lipinski definition) is 4. The quantitative estimate of drug-likeness (QED) is 0.789. The molecule has 1 saturated heterocycles. The van der Waals surface area contributed by atoms with E-state index >= 15 is 0 Å². The molecule has 1 aliphatic heterocycles. The molecule has 1 saturated carbocycles. The fraction of sp³-hybridized carbons (Fsp3) is 0.600. The Morgan fingerprint density at radius 2 is 2.12 bits per heavy atom. The molecule has 0 N–H and O–H groups in total. The normalized spacial score (nSPS) is 19.5. The van der Waals surface area contributed by atoms with E-state index in [0.717, 1.165) is 23.4 Å². The summed E-state index contributed by atoms with van der Waals surface area (Å²) in [6, 6.07) is 1.99. The Bertz CT molecular complexity index is 708. The van der Waals surface area contributed by atoms with Crippen LogP contribution < -0.4 is 4.74 Å². The summed E-state index contributed by atoms with van der Waals surface area (Å²) >= 11 is 0. The van der Waals surface area contributed by atoms with Crippen molar-refractivity contribution >= 4 is 6.09 Å². The number of hydrogen-bond donors (Lipinski definition) is 0. The van der Waals surface area contributed by atoms with Crippen molar-refractivity contribution in [3.8, 4) is 17.6 Å². The van der Waals surface area contributed by atoms with Gasteiger partial charge in [0.15, 0.2) is 0 Å². The molecule has 2 aliphatic rings. The van der Waals surface area contributed by atoms with E-state index in [4.69, 9.17) is 9.47 Å². The lowest BCUT2D eigenvalue weighted by molar-refractivity contribution is -0.0142. The van der Waals surface area contributed by atoms with E-state index in [-0.39, 0.29) is 12.1 Å². The van der Waals surface area contributed by atoms with Crippen LogP contribution in [0.1, 0.15) is 51.3 Å². The molecule has 134 valence electrons. The zero-order valence-electron chi connectivity index (χ0n) is 15.5. The van der Waals surface area contributed by atoms with Crippen molar-refractivity contribution in [1.82, 2.24) is 9.88 Å². The summed E-state index contributed by atoms with van der Waals surface area (Å²) in [6.45, 7) is 8.70. The number of likely N-dealkylation sites (tertiary alicyclic amines) is 1. The molecule has 1 aromatic heterocycles. The molecule has 25 heavy (non-hydrogen) atoms. The molecule has 0 spiro atoms. The molecule has 1 amide bonds. The van der Waals surface area contributed by atoms with Gasteiger partial charge in [0.05, 0.1) is 11.7 Å². The molecule has 5 heteroatoms. The largest absolute Gasteiger partial charge is 0.489 e. The number of pyridine rings is 1. The van der Waals surface area contributed by atoms with Crippen LogP contribution in [0.4, 0.5) is 4.79 Å². The summed E-state index contributed by atoms with van der Waals surface area (Å²) in [5, 5.41) is 0. The summed E-state index contributed by atoms with van der Waals surface area (Å²) in [7, 11) is 0. The van der Waals surface area contributed by atoms with Crippen LogP contribution in [0.3, 0.4) is 0 Å². The second-order valence-electron chi connectivity index (χ2n) is 7.78. The van der Waals surface area contributed by atoms with Crippen molar-refractivity contribution in [1.29, 1.82) is 0 Å². The lowest BCUT2D eigenvalue weighted by atomic mass is 10.1. The molecule has 1 aliphatic carbocycles. The Balaban J connectivity index is 1.57. The van der Waals surface area contributed by atoms with Gasteiger partial charge in [-0.1, -0.05) is 11.8 Å². The topological polar surface area (TPSA) is 51.7 Å². The maximum Gasteiger partial charge on any atom is 0.410 e. The third kappa shape index (κ3) is 4.88. The molecule has 0 bridgehead atoms. The van der Waals surface area contributed by atoms with Crippen molar-refractivity contribution in [3.63, 3.8) is 0 Å². The van der Waals surface area contributed by atoms with Crippen LogP contribution in [-0.2, 0) is 4.74 Å². The van der Waals surface area contributed by atoms with E-state index in [2.05, 4.69) is 16.8 Å². The molecule has 3 rings (SSSR count). The molecule has 2 heterocycles. The fourth-order valence-electron chi connectivity index (χ4n) is 2.50. The first-order valence-electron chi connectivity index (χ1n) is 8.92. The van der Waals surface area contributed by atoms with E-state index in [9.17, 15) is 4.79 Å². The van der Waals surface area contributed by atoms with Gasteiger partial charge >= 0.3 is 6.09 Å². The van der Waals surface area contributed by atoms with Crippen LogP contribution >= 0.6 is 0 Å². The van der Waals surface area contributed by atoms with Crippen molar-refractivity contribution in [2.75, 3.05) is 13.2 Å². The minimum atomic E-state index is -0.479. The fourth-order valence-corrected chi connectivity index (χ4v) is 2.50. The van der Waals surface area contributed by atoms with E-state index in [0.29, 0.717) is 19.1 Å². The number of carbonyl (C=O) groups is 1. The highest BCUT2D eigenvalue weighted by Crippen LogP contribution is 2.28. The molecule has 0 aromatic carbocycles. The zero-order chi connectivity index (χ0) is 18.0. The van der Waals surface area contributed by atoms with Crippen LogP contribution in [0, 0.1) is 24.7 Å². The Hall–Kier alpha value is -2.22. The molecule has 5 nitrogen and oxygen atoms in total. The van der Waals surface area contributed by atoms with Gasteiger partial charge in [-0.25, -0.2) is 4.79 Å². The molecule has 1 unspecified atom stereocenters. The van der Waals surface area contributed by atoms with E-state index < -0.39 is 5.60 Å². The summed E-state index contributed by atoms with van der Waals surface area (Å²) in [5.41, 5.74) is 1.23. The van der Waals surface area contributed by atoms with Gasteiger partial charge in [0.2, 0.25) is 0 Å². The average molecular weight is 342 g/mol. The zero-order valence-corrected chi connectivity index (χ0v) is 15.5. The number of aryl methyl sites for hydroxylation is 1. The van der Waals surface area contributed by atoms with Crippen molar-refractivity contribution in [2.45, 2.75) is 58.6 Å². The van der Waals surface area contributed by atoms with Gasteiger partial charge in [0.1, 0.15) is 18.0 Å². The molecule has 2 fully saturated rings. The van der Waals surface area contributed by atoms with Gasteiger partial charge in [-0.3, -0.25) is 4.98 Å². The highest BCUT2D eigenvalue weighted by Gasteiger charge is 2.35. The minimum Gasteiger partial charge on any atom is -0.489 e. The van der Waals surface area contributed by atoms with Crippen LogP contribution in [0.15, 0.2) is 12.3 Å². The summed E-state index contributed by atoms with van der Waals surface area (Å²) < 4.78 is 11.4. The molecule has 1 aromatic rings.